The quantitative estimate of drug-likeness (QED) is 0.133. The highest BCUT2D eigenvalue weighted by atomic mass is 35.5. The molecule has 0 aliphatic heterocycles. The van der Waals surface area contributed by atoms with Crippen molar-refractivity contribution in [1.29, 1.82) is 0 Å². The summed E-state index contributed by atoms with van der Waals surface area (Å²) >= 11 is 12.1. The van der Waals surface area contributed by atoms with Crippen LogP contribution in [0.5, 0.6) is 5.75 Å². The number of ketones is 1. The maximum atomic E-state index is 14.7. The van der Waals surface area contributed by atoms with Gasteiger partial charge in [0.15, 0.2) is 0 Å². The van der Waals surface area contributed by atoms with E-state index in [1.807, 2.05) is 0 Å². The molecular formula is C32H30Cl2F5N3O5. The van der Waals surface area contributed by atoms with E-state index in [9.17, 15) is 41.1 Å². The van der Waals surface area contributed by atoms with E-state index >= 15 is 0 Å². The molecule has 3 N–H and O–H groups in total. The van der Waals surface area contributed by atoms with Gasteiger partial charge in [0.2, 0.25) is 17.6 Å². The lowest BCUT2D eigenvalue weighted by molar-refractivity contribution is -0.165. The minimum absolute atomic E-state index is 0.150. The summed E-state index contributed by atoms with van der Waals surface area (Å²) in [5.74, 6) is -12.1. The number of carbonyl (C=O) groups excluding carboxylic acids is 4. The molecule has 0 aliphatic carbocycles. The first-order valence-corrected chi connectivity index (χ1v) is 14.8. The predicted octanol–water partition coefficient (Wildman–Crippen LogP) is 6.38. The zero-order chi connectivity index (χ0) is 34.9. The number of carbonyl (C=O) groups is 4. The summed E-state index contributed by atoms with van der Waals surface area (Å²) in [5.41, 5.74) is 0.753. The van der Waals surface area contributed by atoms with Crippen LogP contribution in [0.2, 0.25) is 10.0 Å². The summed E-state index contributed by atoms with van der Waals surface area (Å²) in [6, 6.07) is 17.1. The van der Waals surface area contributed by atoms with Crippen LogP contribution in [0.15, 0.2) is 78.9 Å². The summed E-state index contributed by atoms with van der Waals surface area (Å²) in [5, 5.41) is 6.31. The number of rotatable bonds is 14. The highest BCUT2D eigenvalue weighted by molar-refractivity contribution is 6.30. The Morgan fingerprint density at radius 1 is 0.787 bits per heavy atom. The Morgan fingerprint density at radius 2 is 1.43 bits per heavy atom. The standard InChI is InChI=1S/C32H30Cl2F5N3O5/c1-18(2)26(28(44)32(38,39)30(46)40-17-31(35,36)37)42-29(45)27(20-11-13-21(33)14-12-20)41-25(43)16-24(19-7-4-3-5-8-19)47-23-10-6-9-22(34)15-23/h3-15,18,24,26-27H,16-17H2,1-2H3,(H,40,46)(H,41,43)(H,42,45)/t24-,26-,27-/m0/s1. The van der Waals surface area contributed by atoms with Gasteiger partial charge >= 0.3 is 12.1 Å². The minimum Gasteiger partial charge on any atom is -0.485 e. The van der Waals surface area contributed by atoms with Gasteiger partial charge in [-0.1, -0.05) is 85.6 Å². The van der Waals surface area contributed by atoms with Gasteiger partial charge in [-0.2, -0.15) is 22.0 Å². The van der Waals surface area contributed by atoms with Crippen LogP contribution in [0.1, 0.15) is 43.5 Å². The van der Waals surface area contributed by atoms with Crippen LogP contribution < -0.4 is 20.7 Å². The van der Waals surface area contributed by atoms with Crippen LogP contribution in [0, 0.1) is 5.92 Å². The topological polar surface area (TPSA) is 114 Å². The maximum Gasteiger partial charge on any atom is 0.405 e. The molecule has 0 fully saturated rings. The van der Waals surface area contributed by atoms with Gasteiger partial charge in [0.25, 0.3) is 5.91 Å². The van der Waals surface area contributed by atoms with E-state index in [0.717, 1.165) is 5.32 Å². The number of benzene rings is 3. The maximum absolute atomic E-state index is 14.7. The Kier molecular flexibility index (Phi) is 12.7. The molecule has 0 aromatic heterocycles. The van der Waals surface area contributed by atoms with Crippen LogP contribution in [0.25, 0.3) is 0 Å². The molecule has 0 radical (unpaired) electrons. The molecule has 0 heterocycles. The molecular weight excluding hydrogens is 672 g/mol. The van der Waals surface area contributed by atoms with Gasteiger partial charge in [0.05, 0.1) is 12.5 Å². The molecule has 3 aromatic carbocycles. The molecule has 15 heteroatoms. The van der Waals surface area contributed by atoms with E-state index in [4.69, 9.17) is 27.9 Å². The molecule has 0 saturated carbocycles. The zero-order valence-electron chi connectivity index (χ0n) is 24.9. The van der Waals surface area contributed by atoms with Gasteiger partial charge in [-0.3, -0.25) is 19.2 Å². The summed E-state index contributed by atoms with van der Waals surface area (Å²) in [7, 11) is 0. The predicted molar refractivity (Wildman–Crippen MR) is 164 cm³/mol. The molecule has 8 nitrogen and oxygen atoms in total. The van der Waals surface area contributed by atoms with Gasteiger partial charge in [-0.05, 0) is 47.4 Å². The molecule has 0 bridgehead atoms. The molecule has 3 aromatic rings. The van der Waals surface area contributed by atoms with Crippen molar-refractivity contribution in [3.8, 4) is 5.75 Å². The number of amides is 3. The number of Topliss-reactive ketones (excluding diaryl/α,β-unsaturated/α-hetero) is 1. The molecule has 0 saturated heterocycles. The third-order valence-electron chi connectivity index (χ3n) is 6.68. The van der Waals surface area contributed by atoms with E-state index in [2.05, 4.69) is 10.6 Å². The lowest BCUT2D eigenvalue weighted by Crippen LogP contribution is -2.58. The number of hydrogen-bond acceptors (Lipinski definition) is 5. The van der Waals surface area contributed by atoms with E-state index in [0.29, 0.717) is 16.3 Å². The van der Waals surface area contributed by atoms with Gasteiger partial charge in [-0.25, -0.2) is 0 Å². The van der Waals surface area contributed by atoms with Gasteiger partial charge in [0, 0.05) is 10.0 Å². The fraction of sp³-hybridized carbons (Fsp3) is 0.312. The zero-order valence-corrected chi connectivity index (χ0v) is 26.4. The van der Waals surface area contributed by atoms with Crippen molar-refractivity contribution in [2.24, 2.45) is 5.92 Å². The molecule has 3 amide bonds. The van der Waals surface area contributed by atoms with Crippen LogP contribution >= 0.6 is 23.2 Å². The second kappa shape index (κ2) is 16.1. The van der Waals surface area contributed by atoms with Gasteiger partial charge in [-0.15, -0.1) is 0 Å². The van der Waals surface area contributed by atoms with E-state index in [1.165, 1.54) is 38.1 Å². The van der Waals surface area contributed by atoms with Crippen molar-refractivity contribution >= 4 is 46.7 Å². The average Bonchev–Trinajstić information content (AvgIpc) is 3.01. The Hall–Kier alpha value is -4.23. The Balaban J connectivity index is 1.86. The first-order valence-electron chi connectivity index (χ1n) is 14.1. The highest BCUT2D eigenvalue weighted by Crippen LogP contribution is 2.28. The van der Waals surface area contributed by atoms with Crippen LogP contribution in [-0.2, 0) is 19.2 Å². The summed E-state index contributed by atoms with van der Waals surface area (Å²) < 4.78 is 73.0. The van der Waals surface area contributed by atoms with Crippen molar-refractivity contribution < 1.29 is 45.9 Å². The molecule has 252 valence electrons. The Bertz CT molecular complexity index is 1560. The molecule has 0 spiro atoms. The van der Waals surface area contributed by atoms with Gasteiger partial charge in [0.1, 0.15) is 24.4 Å². The average molecular weight is 703 g/mol. The van der Waals surface area contributed by atoms with Crippen molar-refractivity contribution in [1.82, 2.24) is 16.0 Å². The molecule has 47 heavy (non-hydrogen) atoms. The SMILES string of the molecule is CC(C)[C@H](NC(=O)[C@@H](NC(=O)C[C@H](Oc1cccc(Cl)c1)c1ccccc1)c1ccc(Cl)cc1)C(=O)C(F)(F)C(=O)NCC(F)(F)F. The third-order valence-corrected chi connectivity index (χ3v) is 7.17. The summed E-state index contributed by atoms with van der Waals surface area (Å²) in [4.78, 5) is 51.7. The first-order chi connectivity index (χ1) is 22.0. The van der Waals surface area contributed by atoms with Crippen LogP contribution in [0.4, 0.5) is 22.0 Å². The van der Waals surface area contributed by atoms with Crippen molar-refractivity contribution in [2.45, 2.75) is 50.6 Å². The van der Waals surface area contributed by atoms with Crippen molar-refractivity contribution in [3.05, 3.63) is 100 Å². The number of ether oxygens (including phenoxy) is 1. The Morgan fingerprint density at radius 3 is 2.00 bits per heavy atom. The van der Waals surface area contributed by atoms with Gasteiger partial charge < -0.3 is 20.7 Å². The van der Waals surface area contributed by atoms with Crippen LogP contribution in [0.3, 0.4) is 0 Å². The van der Waals surface area contributed by atoms with Crippen molar-refractivity contribution in [2.75, 3.05) is 6.54 Å². The molecule has 3 rings (SSSR count). The fourth-order valence-corrected chi connectivity index (χ4v) is 4.62. The number of hydrogen-bond donors (Lipinski definition) is 3. The Labute approximate surface area is 276 Å². The summed E-state index contributed by atoms with van der Waals surface area (Å²) in [6.45, 7) is 0.462. The lowest BCUT2D eigenvalue weighted by Gasteiger charge is -2.28. The van der Waals surface area contributed by atoms with Crippen molar-refractivity contribution in [3.63, 3.8) is 0 Å². The van der Waals surface area contributed by atoms with E-state index in [-0.39, 0.29) is 17.0 Å². The second-order valence-corrected chi connectivity index (χ2v) is 11.6. The number of nitrogens with one attached hydrogen (secondary N) is 3. The number of alkyl halides is 5. The largest absolute Gasteiger partial charge is 0.485 e. The lowest BCUT2D eigenvalue weighted by atomic mass is 9.94. The molecule has 0 unspecified atom stereocenters. The number of halogens is 7. The monoisotopic (exact) mass is 701 g/mol. The fourth-order valence-electron chi connectivity index (χ4n) is 4.31. The summed E-state index contributed by atoms with van der Waals surface area (Å²) in [6.07, 6.45) is -6.22. The van der Waals surface area contributed by atoms with E-state index < -0.39 is 66.3 Å². The minimum atomic E-state index is -5.01. The second-order valence-electron chi connectivity index (χ2n) is 10.7. The molecule has 0 aliphatic rings. The third kappa shape index (κ3) is 10.9. The highest BCUT2D eigenvalue weighted by Gasteiger charge is 2.52. The first kappa shape index (κ1) is 37.2. The van der Waals surface area contributed by atoms with Crippen LogP contribution in [-0.4, -0.2) is 48.2 Å². The smallest absolute Gasteiger partial charge is 0.405 e. The molecule has 3 atom stereocenters. The normalized spacial score (nSPS) is 13.7. The van der Waals surface area contributed by atoms with E-state index in [1.54, 1.807) is 54.6 Å².